The van der Waals surface area contributed by atoms with Crippen molar-refractivity contribution in [3.05, 3.63) is 20.2 Å². The summed E-state index contributed by atoms with van der Waals surface area (Å²) in [4.78, 5) is 67.1. The van der Waals surface area contributed by atoms with Crippen LogP contribution in [0.1, 0.15) is 53.9 Å². The van der Waals surface area contributed by atoms with Crippen molar-refractivity contribution in [3.63, 3.8) is 0 Å². The van der Waals surface area contributed by atoms with Crippen LogP contribution in [0.2, 0.25) is 0 Å². The van der Waals surface area contributed by atoms with Crippen molar-refractivity contribution in [2.75, 3.05) is 13.1 Å². The molecule has 1 aliphatic rings. The number of alkyl carbamates (subject to hydrolysis) is 1. The normalized spacial score (nSPS) is 17.1. The molecule has 0 aliphatic carbocycles. The van der Waals surface area contributed by atoms with Gasteiger partial charge in [0.25, 0.3) is 16.0 Å². The van der Waals surface area contributed by atoms with Gasteiger partial charge in [-0.1, -0.05) is 0 Å². The van der Waals surface area contributed by atoms with Gasteiger partial charge in [0.15, 0.2) is 0 Å². The smallest absolute Gasteiger partial charge is 0.444 e. The van der Waals surface area contributed by atoms with Gasteiger partial charge in [0.1, 0.15) is 5.60 Å². The van der Waals surface area contributed by atoms with Crippen LogP contribution in [0.15, 0.2) is 0 Å². The molecule has 0 saturated carbocycles. The number of nitrogens with zero attached hydrogens (tertiary/aromatic N) is 3. The molecule has 1 saturated heterocycles. The Balaban J connectivity index is 2.65. The third kappa shape index (κ3) is 11.0. The molecule has 0 radical (unpaired) electrons. The number of amides is 2. The lowest BCUT2D eigenvalue weighted by atomic mass is 10.0. The highest BCUT2D eigenvalue weighted by molar-refractivity contribution is 5.77. The largest absolute Gasteiger partial charge is 0.512 e. The van der Waals surface area contributed by atoms with Crippen molar-refractivity contribution in [3.8, 4) is 0 Å². The number of likely N-dealkylation sites (tertiary alicyclic amines) is 1. The summed E-state index contributed by atoms with van der Waals surface area (Å²) in [5.41, 5.74) is -0.656. The quantitative estimate of drug-likeness (QED) is 0.216. The molecular formula is C17H28N4O12. The molecule has 188 valence electrons. The number of hydrogen-bond donors (Lipinski definition) is 1. The Hall–Kier alpha value is -3.59. The molecule has 0 aromatic rings. The zero-order valence-corrected chi connectivity index (χ0v) is 18.9. The average Bonchev–Trinajstić information content (AvgIpc) is 2.58. The molecule has 1 N–H and O–H groups in total. The molecule has 0 aromatic heterocycles. The molecule has 16 heteroatoms. The van der Waals surface area contributed by atoms with E-state index in [2.05, 4.69) is 19.7 Å². The molecular weight excluding hydrogens is 452 g/mol. The topological polar surface area (TPSA) is 199 Å². The van der Waals surface area contributed by atoms with Gasteiger partial charge >= 0.3 is 12.2 Å². The molecule has 2 unspecified atom stereocenters. The molecule has 0 bridgehead atoms. The lowest BCUT2D eigenvalue weighted by molar-refractivity contribution is -0.793. The zero-order valence-electron chi connectivity index (χ0n) is 18.9. The highest BCUT2D eigenvalue weighted by Gasteiger charge is 2.39. The summed E-state index contributed by atoms with van der Waals surface area (Å²) >= 11 is 0. The van der Waals surface area contributed by atoms with E-state index in [1.54, 1.807) is 20.8 Å². The Morgan fingerprint density at radius 2 is 1.64 bits per heavy atom. The Labute approximate surface area is 188 Å². The van der Waals surface area contributed by atoms with Crippen molar-refractivity contribution in [2.45, 2.75) is 77.6 Å². The maximum Gasteiger partial charge on any atom is 0.512 e. The number of ether oxygens (including phenoxy) is 3. The number of piperidine rings is 1. The van der Waals surface area contributed by atoms with Gasteiger partial charge < -0.3 is 24.4 Å². The van der Waals surface area contributed by atoms with Crippen LogP contribution >= 0.6 is 0 Å². The number of rotatable bonds is 9. The van der Waals surface area contributed by atoms with E-state index in [1.165, 1.54) is 4.90 Å². The van der Waals surface area contributed by atoms with Gasteiger partial charge in [0.05, 0.1) is 6.42 Å². The van der Waals surface area contributed by atoms with Crippen molar-refractivity contribution >= 4 is 18.2 Å². The van der Waals surface area contributed by atoms with Crippen LogP contribution in [0.4, 0.5) is 9.59 Å². The highest BCUT2D eigenvalue weighted by Crippen LogP contribution is 2.22. The molecule has 33 heavy (non-hydrogen) atoms. The Morgan fingerprint density at radius 1 is 1.06 bits per heavy atom. The predicted octanol–water partition coefficient (Wildman–Crippen LogP) is 1.52. The first-order valence-electron chi connectivity index (χ1n) is 9.90. The SMILES string of the molecule is CC(OC(=O)OC(C)(CC(=O)N1CCC(NC(=O)OC(C)(C)C)CC1)O[N+](=O)[O-])O[N+](=O)[O-]. The van der Waals surface area contributed by atoms with E-state index in [1.807, 2.05) is 0 Å². The Kier molecular flexibility index (Phi) is 9.42. The summed E-state index contributed by atoms with van der Waals surface area (Å²) in [6.07, 6.45) is -3.77. The minimum Gasteiger partial charge on any atom is -0.444 e. The van der Waals surface area contributed by atoms with Crippen molar-refractivity contribution in [2.24, 2.45) is 0 Å². The van der Waals surface area contributed by atoms with Gasteiger partial charge in [-0.15, -0.1) is 20.2 Å². The van der Waals surface area contributed by atoms with Crippen molar-refractivity contribution < 1.29 is 48.4 Å². The molecule has 1 aliphatic heterocycles. The van der Waals surface area contributed by atoms with Crippen LogP contribution < -0.4 is 5.32 Å². The summed E-state index contributed by atoms with van der Waals surface area (Å²) in [6.45, 7) is 7.59. The third-order valence-corrected chi connectivity index (χ3v) is 4.10. The lowest BCUT2D eigenvalue weighted by Crippen LogP contribution is -2.49. The van der Waals surface area contributed by atoms with E-state index >= 15 is 0 Å². The molecule has 2 amide bonds. The standard InChI is InChI=1S/C17H28N4O12/c1-11(32-20(25)26)29-15(24)31-17(5,33-21(27)28)10-13(22)19-8-6-12(7-9-19)18-14(23)30-16(2,3)4/h11-12H,6-10H2,1-5H3,(H,18,23). The number of nitrogens with one attached hydrogen (secondary N) is 1. The first kappa shape index (κ1) is 27.4. The monoisotopic (exact) mass is 480 g/mol. The summed E-state index contributed by atoms with van der Waals surface area (Å²) in [6, 6.07) is -0.236. The first-order chi connectivity index (χ1) is 15.1. The lowest BCUT2D eigenvalue weighted by Gasteiger charge is -2.34. The second-order valence-corrected chi connectivity index (χ2v) is 8.29. The molecule has 1 heterocycles. The van der Waals surface area contributed by atoms with Gasteiger partial charge in [-0.25, -0.2) is 9.59 Å². The van der Waals surface area contributed by atoms with Crippen LogP contribution in [-0.4, -0.2) is 70.0 Å². The molecule has 16 nitrogen and oxygen atoms in total. The minimum atomic E-state index is -2.36. The summed E-state index contributed by atoms with van der Waals surface area (Å²) in [7, 11) is 0. The van der Waals surface area contributed by atoms with Crippen molar-refractivity contribution in [1.29, 1.82) is 0 Å². The summed E-state index contributed by atoms with van der Waals surface area (Å²) in [5, 5.41) is 21.3. The Bertz CT molecular complexity index is 747. The van der Waals surface area contributed by atoms with Gasteiger partial charge in [-0.05, 0) is 40.5 Å². The fourth-order valence-electron chi connectivity index (χ4n) is 2.86. The second kappa shape index (κ2) is 11.3. The maximum atomic E-state index is 12.6. The highest BCUT2D eigenvalue weighted by atomic mass is 17.0. The van der Waals surface area contributed by atoms with E-state index in [0.717, 1.165) is 13.8 Å². The first-order valence-corrected chi connectivity index (χ1v) is 9.90. The predicted molar refractivity (Wildman–Crippen MR) is 105 cm³/mol. The van der Waals surface area contributed by atoms with E-state index in [-0.39, 0.29) is 19.1 Å². The Morgan fingerprint density at radius 3 is 2.12 bits per heavy atom. The van der Waals surface area contributed by atoms with Gasteiger partial charge in [-0.2, -0.15) is 0 Å². The van der Waals surface area contributed by atoms with Crippen LogP contribution in [0, 0.1) is 20.2 Å². The molecule has 2 atom stereocenters. The van der Waals surface area contributed by atoms with Crippen LogP contribution in [-0.2, 0) is 28.7 Å². The average molecular weight is 480 g/mol. The summed E-state index contributed by atoms with van der Waals surface area (Å²) in [5.74, 6) is -2.99. The van der Waals surface area contributed by atoms with E-state index in [0.29, 0.717) is 12.8 Å². The van der Waals surface area contributed by atoms with E-state index in [9.17, 15) is 34.6 Å². The fraction of sp³-hybridized carbons (Fsp3) is 0.824. The van der Waals surface area contributed by atoms with Crippen LogP contribution in [0.3, 0.4) is 0 Å². The molecule has 1 fully saturated rings. The van der Waals surface area contributed by atoms with Gasteiger partial charge in [-0.3, -0.25) is 14.5 Å². The maximum absolute atomic E-state index is 12.6. The zero-order chi connectivity index (χ0) is 25.4. The van der Waals surface area contributed by atoms with Gasteiger partial charge in [0, 0.05) is 26.1 Å². The summed E-state index contributed by atoms with van der Waals surface area (Å²) < 4.78 is 14.4. The van der Waals surface area contributed by atoms with E-state index in [4.69, 9.17) is 9.47 Å². The van der Waals surface area contributed by atoms with E-state index < -0.39 is 52.4 Å². The number of carbonyl (C=O) groups is 3. The molecule has 0 spiro atoms. The number of hydrogen-bond acceptors (Lipinski definition) is 12. The van der Waals surface area contributed by atoms with Gasteiger partial charge in [0.2, 0.25) is 12.2 Å². The third-order valence-electron chi connectivity index (χ3n) is 4.10. The second-order valence-electron chi connectivity index (χ2n) is 8.29. The fourth-order valence-corrected chi connectivity index (χ4v) is 2.86. The molecule has 1 rings (SSSR count). The van der Waals surface area contributed by atoms with Crippen LogP contribution in [0.25, 0.3) is 0 Å². The number of carbonyl (C=O) groups excluding carboxylic acids is 3. The van der Waals surface area contributed by atoms with Crippen molar-refractivity contribution in [1.82, 2.24) is 10.2 Å². The minimum absolute atomic E-state index is 0.214. The molecule has 0 aromatic carbocycles. The van der Waals surface area contributed by atoms with Crippen LogP contribution in [0.5, 0.6) is 0 Å².